The first-order valence-electron chi connectivity index (χ1n) is 12.7. The van der Waals surface area contributed by atoms with Crippen LogP contribution < -0.4 is 0 Å². The first-order valence-corrected chi connectivity index (χ1v) is 12.7. The lowest BCUT2D eigenvalue weighted by Gasteiger charge is -2.75. The largest absolute Gasteiger partial charge is 0.115 e. The second-order valence-electron chi connectivity index (χ2n) is 11.9. The summed E-state index contributed by atoms with van der Waals surface area (Å²) in [5, 5.41) is 0. The van der Waals surface area contributed by atoms with E-state index < -0.39 is 0 Å². The van der Waals surface area contributed by atoms with Gasteiger partial charge in [0.15, 0.2) is 0 Å². The molecule has 2 aromatic rings. The summed E-state index contributed by atoms with van der Waals surface area (Å²) in [4.78, 5) is 0. The zero-order valence-electron chi connectivity index (χ0n) is 19.5. The molecule has 0 amide bonds. The van der Waals surface area contributed by atoms with Crippen LogP contribution in [0.5, 0.6) is 0 Å². The van der Waals surface area contributed by atoms with Crippen molar-refractivity contribution >= 4 is 0 Å². The van der Waals surface area contributed by atoms with Crippen LogP contribution in [-0.4, -0.2) is 0 Å². The van der Waals surface area contributed by atoms with E-state index in [-0.39, 0.29) is 10.8 Å². The summed E-state index contributed by atoms with van der Waals surface area (Å²) in [5.74, 6) is 16.4. The molecular formula is C34H28. The third kappa shape index (κ3) is 2.45. The van der Waals surface area contributed by atoms with Crippen LogP contribution in [0.15, 0.2) is 36.4 Å². The molecule has 34 heavy (non-hydrogen) atoms. The fraction of sp³-hybridized carbons (Fsp3) is 0.412. The van der Waals surface area contributed by atoms with E-state index >= 15 is 0 Å². The number of hydrogen-bond donors (Lipinski definition) is 0. The van der Waals surface area contributed by atoms with E-state index in [0.29, 0.717) is 0 Å². The van der Waals surface area contributed by atoms with E-state index in [4.69, 9.17) is 25.7 Å². The molecule has 0 saturated heterocycles. The summed E-state index contributed by atoms with van der Waals surface area (Å²) in [7, 11) is 0. The SMILES string of the molecule is C#Cc1cc(C#C)cc(C23CC4C5CC6(c7cc(C#C)cc(C#C)c7)CC4C(C2)C(C6)C5C3)c1. The fourth-order valence-electron chi connectivity index (χ4n) is 9.84. The molecule has 0 atom stereocenters. The molecule has 2 aromatic carbocycles. The monoisotopic (exact) mass is 436 g/mol. The third-order valence-electron chi connectivity index (χ3n) is 10.8. The highest BCUT2D eigenvalue weighted by Gasteiger charge is 2.70. The molecule has 9 rings (SSSR count). The molecule has 0 heterocycles. The van der Waals surface area contributed by atoms with Gasteiger partial charge in [0.1, 0.15) is 0 Å². The Morgan fingerprint density at radius 3 is 0.882 bits per heavy atom. The highest BCUT2D eigenvalue weighted by Crippen LogP contribution is 2.77. The lowest BCUT2D eigenvalue weighted by atomic mass is 9.29. The van der Waals surface area contributed by atoms with Gasteiger partial charge in [0, 0.05) is 22.3 Å². The van der Waals surface area contributed by atoms with E-state index in [1.54, 1.807) is 0 Å². The standard InChI is InChI=1S/C34H28/c1-5-21-9-22(6-2)12-25(11-21)33-15-27-30-18-34(26-13-23(7-3)10-24(8-4)14-26)19-31(27)29(17-33)32(20-34)28(30)16-33/h1-4,9-14,27-32H,15-20H2. The predicted molar refractivity (Wildman–Crippen MR) is 137 cm³/mol. The number of terminal acetylenes is 4. The average molecular weight is 437 g/mol. The van der Waals surface area contributed by atoms with Crippen LogP contribution in [0, 0.1) is 84.9 Å². The number of benzene rings is 2. The molecule has 0 spiro atoms. The smallest absolute Gasteiger partial charge is 0.0257 e. The quantitative estimate of drug-likeness (QED) is 0.515. The normalized spacial score (nSPS) is 39.8. The van der Waals surface area contributed by atoms with Gasteiger partial charge in [-0.2, -0.15) is 0 Å². The maximum absolute atomic E-state index is 5.80. The second-order valence-corrected chi connectivity index (χ2v) is 11.9. The van der Waals surface area contributed by atoms with Crippen LogP contribution >= 0.6 is 0 Å². The molecule has 7 aliphatic carbocycles. The molecule has 0 aliphatic heterocycles. The van der Waals surface area contributed by atoms with Crippen LogP contribution in [0.4, 0.5) is 0 Å². The summed E-state index contributed by atoms with van der Waals surface area (Å²) in [6.07, 6.45) is 31.0. The Morgan fingerprint density at radius 1 is 0.441 bits per heavy atom. The van der Waals surface area contributed by atoms with Crippen molar-refractivity contribution < 1.29 is 0 Å². The Balaban J connectivity index is 1.28. The molecule has 0 heteroatoms. The van der Waals surface area contributed by atoms with Crippen LogP contribution in [0.25, 0.3) is 0 Å². The first-order chi connectivity index (χ1) is 16.5. The van der Waals surface area contributed by atoms with Crippen molar-refractivity contribution in [3.05, 3.63) is 69.8 Å². The lowest BCUT2D eigenvalue weighted by molar-refractivity contribution is -0.221. The Labute approximate surface area is 203 Å². The van der Waals surface area contributed by atoms with E-state index in [1.807, 2.05) is 12.1 Å². The van der Waals surface area contributed by atoms with E-state index in [2.05, 4.69) is 47.9 Å². The van der Waals surface area contributed by atoms with Gasteiger partial charge in [0.05, 0.1) is 0 Å². The summed E-state index contributed by atoms with van der Waals surface area (Å²) < 4.78 is 0. The van der Waals surface area contributed by atoms with Crippen LogP contribution in [0.2, 0.25) is 0 Å². The van der Waals surface area contributed by atoms with Crippen molar-refractivity contribution in [1.29, 1.82) is 0 Å². The van der Waals surface area contributed by atoms with Crippen LogP contribution in [0.1, 0.15) is 71.9 Å². The minimum Gasteiger partial charge on any atom is -0.115 e. The molecular weight excluding hydrogens is 408 g/mol. The van der Waals surface area contributed by atoms with Crippen molar-refractivity contribution in [3.8, 4) is 49.4 Å². The molecule has 0 aromatic heterocycles. The maximum atomic E-state index is 5.80. The predicted octanol–water partition coefficient (Wildman–Crippen LogP) is 5.89. The minimum absolute atomic E-state index is 0.263. The highest BCUT2D eigenvalue weighted by molar-refractivity contribution is 5.50. The molecule has 0 nitrogen and oxygen atoms in total. The van der Waals surface area contributed by atoms with Gasteiger partial charge in [-0.05, 0) is 132 Å². The van der Waals surface area contributed by atoms with Gasteiger partial charge < -0.3 is 0 Å². The van der Waals surface area contributed by atoms with Gasteiger partial charge in [0.25, 0.3) is 0 Å². The van der Waals surface area contributed by atoms with E-state index in [0.717, 1.165) is 57.8 Å². The highest BCUT2D eigenvalue weighted by atomic mass is 14.7. The topological polar surface area (TPSA) is 0 Å². The zero-order chi connectivity index (χ0) is 23.2. The van der Waals surface area contributed by atoms with Gasteiger partial charge in [-0.25, -0.2) is 0 Å². The van der Waals surface area contributed by atoms with Crippen molar-refractivity contribution in [2.75, 3.05) is 0 Å². The summed E-state index contributed by atoms with van der Waals surface area (Å²) >= 11 is 0. The molecule has 7 aliphatic rings. The van der Waals surface area contributed by atoms with Crippen molar-refractivity contribution in [1.82, 2.24) is 0 Å². The number of rotatable bonds is 2. The van der Waals surface area contributed by atoms with Gasteiger partial charge in [0.2, 0.25) is 0 Å². The maximum Gasteiger partial charge on any atom is 0.0257 e. The Kier molecular flexibility index (Phi) is 3.92. The van der Waals surface area contributed by atoms with Gasteiger partial charge in [-0.3, -0.25) is 0 Å². The lowest BCUT2D eigenvalue weighted by Crippen LogP contribution is -2.69. The molecule has 7 saturated carbocycles. The minimum atomic E-state index is 0.263. The molecule has 7 fully saturated rings. The fourth-order valence-corrected chi connectivity index (χ4v) is 9.84. The van der Waals surface area contributed by atoms with E-state index in [1.165, 1.54) is 49.7 Å². The van der Waals surface area contributed by atoms with Crippen LogP contribution in [0.3, 0.4) is 0 Å². The van der Waals surface area contributed by atoms with Crippen molar-refractivity contribution in [2.45, 2.75) is 49.4 Å². The summed E-state index contributed by atoms with van der Waals surface area (Å²) in [6, 6.07) is 13.0. The summed E-state index contributed by atoms with van der Waals surface area (Å²) in [5.41, 5.74) is 7.09. The first kappa shape index (κ1) is 20.1. The second kappa shape index (κ2) is 6.63. The molecule has 0 unspecified atom stereocenters. The van der Waals surface area contributed by atoms with Crippen molar-refractivity contribution in [2.24, 2.45) is 35.5 Å². The Morgan fingerprint density at radius 2 is 0.676 bits per heavy atom. The zero-order valence-corrected chi connectivity index (χ0v) is 19.5. The third-order valence-corrected chi connectivity index (χ3v) is 10.8. The van der Waals surface area contributed by atoms with E-state index in [9.17, 15) is 0 Å². The van der Waals surface area contributed by atoms with Crippen LogP contribution in [-0.2, 0) is 10.8 Å². The molecule has 8 bridgehead atoms. The summed E-state index contributed by atoms with van der Waals surface area (Å²) in [6.45, 7) is 0. The molecule has 0 N–H and O–H groups in total. The van der Waals surface area contributed by atoms with Gasteiger partial charge in [-0.1, -0.05) is 23.7 Å². The average Bonchev–Trinajstić information content (AvgIpc) is 2.90. The van der Waals surface area contributed by atoms with Gasteiger partial charge in [-0.15, -0.1) is 25.7 Å². The molecule has 0 radical (unpaired) electrons. The number of hydrogen-bond acceptors (Lipinski definition) is 0. The molecule has 164 valence electrons. The Hall–Kier alpha value is -3.32. The van der Waals surface area contributed by atoms with Gasteiger partial charge >= 0.3 is 0 Å². The van der Waals surface area contributed by atoms with Crippen molar-refractivity contribution in [3.63, 3.8) is 0 Å². The Bertz CT molecular complexity index is 1170.